The number of halogens is 3. The number of hydrogen-bond donors (Lipinski definition) is 0. The second-order valence-electron chi connectivity index (χ2n) is 3.58. The third kappa shape index (κ3) is 2.26. The van der Waals surface area contributed by atoms with Crippen molar-refractivity contribution in [2.75, 3.05) is 25.2 Å². The number of nitrogens with zero attached hydrogens (tertiary/aromatic N) is 2. The van der Waals surface area contributed by atoms with E-state index < -0.39 is 23.0 Å². The third-order valence-electron chi connectivity index (χ3n) is 2.36. The molecule has 1 aromatic rings. The summed E-state index contributed by atoms with van der Waals surface area (Å²) in [6, 6.07) is 1.41. The van der Waals surface area contributed by atoms with Gasteiger partial charge in [-0.15, -0.1) is 11.3 Å². The molecule has 1 aliphatic heterocycles. The lowest BCUT2D eigenvalue weighted by Gasteiger charge is -2.33. The number of rotatable bonds is 2. The first-order valence-corrected chi connectivity index (χ1v) is 7.24. The maximum Gasteiger partial charge on any atom is 0.255 e. The summed E-state index contributed by atoms with van der Waals surface area (Å²) in [6.07, 6.45) is -2.53. The highest BCUT2D eigenvalue weighted by atomic mass is 35.5. The number of thiophene rings is 1. The van der Waals surface area contributed by atoms with Crippen LogP contribution in [0, 0.1) is 0 Å². The van der Waals surface area contributed by atoms with Crippen molar-refractivity contribution >= 4 is 38.6 Å². The van der Waals surface area contributed by atoms with Crippen molar-refractivity contribution in [2.45, 2.75) is 10.6 Å². The van der Waals surface area contributed by atoms with Crippen molar-refractivity contribution in [2.24, 2.45) is 0 Å². The molecule has 0 spiro atoms. The van der Waals surface area contributed by atoms with Gasteiger partial charge in [-0.3, -0.25) is 0 Å². The number of sulfonamides is 1. The Hall–Kier alpha value is -0.440. The van der Waals surface area contributed by atoms with Crippen LogP contribution in [0.15, 0.2) is 10.3 Å². The van der Waals surface area contributed by atoms with Gasteiger partial charge in [-0.2, -0.15) is 4.31 Å². The molecule has 1 aliphatic rings. The molecule has 0 aliphatic carbocycles. The molecule has 0 saturated carbocycles. The largest absolute Gasteiger partial charge is 0.350 e. The SMILES string of the molecule is CN1CN(CC(F)F)c2cc(Cl)sc2S1(=O)=O. The molecule has 0 amide bonds. The zero-order valence-electron chi connectivity index (χ0n) is 8.73. The van der Waals surface area contributed by atoms with E-state index in [9.17, 15) is 17.2 Å². The molecule has 4 nitrogen and oxygen atoms in total. The number of anilines is 1. The number of alkyl halides is 2. The molecule has 0 atom stereocenters. The third-order valence-corrected chi connectivity index (χ3v) is 5.91. The fourth-order valence-corrected chi connectivity index (χ4v) is 4.81. The molecule has 0 N–H and O–H groups in total. The van der Waals surface area contributed by atoms with Gasteiger partial charge in [0, 0.05) is 7.05 Å². The zero-order valence-corrected chi connectivity index (χ0v) is 11.1. The van der Waals surface area contributed by atoms with E-state index in [0.717, 1.165) is 15.6 Å². The van der Waals surface area contributed by atoms with Crippen LogP contribution in [0.4, 0.5) is 14.5 Å². The van der Waals surface area contributed by atoms with Crippen molar-refractivity contribution in [1.82, 2.24) is 4.31 Å². The van der Waals surface area contributed by atoms with Crippen LogP contribution in [-0.4, -0.2) is 39.4 Å². The van der Waals surface area contributed by atoms with E-state index in [1.807, 2.05) is 0 Å². The molecule has 9 heteroatoms. The molecule has 0 aromatic carbocycles. The second kappa shape index (κ2) is 4.34. The average Bonchev–Trinajstić information content (AvgIpc) is 2.57. The average molecular weight is 303 g/mol. The van der Waals surface area contributed by atoms with Gasteiger partial charge in [0.2, 0.25) is 0 Å². The second-order valence-corrected chi connectivity index (χ2v) is 7.50. The molecule has 2 heterocycles. The molecule has 0 saturated heterocycles. The van der Waals surface area contributed by atoms with Crippen LogP contribution in [0.5, 0.6) is 0 Å². The van der Waals surface area contributed by atoms with Gasteiger partial charge < -0.3 is 4.90 Å². The zero-order chi connectivity index (χ0) is 12.8. The van der Waals surface area contributed by atoms with E-state index in [0.29, 0.717) is 0 Å². The fraction of sp³-hybridized carbons (Fsp3) is 0.500. The fourth-order valence-electron chi connectivity index (χ4n) is 1.60. The van der Waals surface area contributed by atoms with Crippen molar-refractivity contribution in [3.63, 3.8) is 0 Å². The molecule has 2 rings (SSSR count). The summed E-state index contributed by atoms with van der Waals surface area (Å²) in [4.78, 5) is 1.31. The first-order valence-electron chi connectivity index (χ1n) is 4.61. The van der Waals surface area contributed by atoms with Gasteiger partial charge in [-0.05, 0) is 6.07 Å². The lowest BCUT2D eigenvalue weighted by molar-refractivity contribution is 0.152. The normalized spacial score (nSPS) is 19.7. The Kier molecular flexibility index (Phi) is 3.32. The summed E-state index contributed by atoms with van der Waals surface area (Å²) < 4.78 is 50.0. The van der Waals surface area contributed by atoms with Crippen molar-refractivity contribution in [3.8, 4) is 0 Å². The van der Waals surface area contributed by atoms with Crippen LogP contribution in [0.1, 0.15) is 0 Å². The Balaban J connectivity index is 2.49. The summed E-state index contributed by atoms with van der Waals surface area (Å²) in [5, 5.41) is 0. The van der Waals surface area contributed by atoms with E-state index in [1.165, 1.54) is 18.0 Å². The van der Waals surface area contributed by atoms with E-state index in [-0.39, 0.29) is 20.9 Å². The Morgan fingerprint density at radius 2 is 2.24 bits per heavy atom. The molecule has 0 fully saturated rings. The van der Waals surface area contributed by atoms with Gasteiger partial charge in [-0.1, -0.05) is 11.6 Å². The van der Waals surface area contributed by atoms with Crippen LogP contribution in [0.2, 0.25) is 4.34 Å². The van der Waals surface area contributed by atoms with Crippen molar-refractivity contribution in [3.05, 3.63) is 10.4 Å². The number of hydrogen-bond acceptors (Lipinski definition) is 4. The molecule has 0 radical (unpaired) electrons. The lowest BCUT2D eigenvalue weighted by Crippen LogP contribution is -2.45. The first kappa shape index (κ1) is 13.0. The molecular formula is C8H9ClF2N2O2S2. The summed E-state index contributed by atoms with van der Waals surface area (Å²) in [5.74, 6) is 0. The van der Waals surface area contributed by atoms with Gasteiger partial charge in [-0.25, -0.2) is 17.2 Å². The van der Waals surface area contributed by atoms with Crippen LogP contribution in [-0.2, 0) is 10.0 Å². The van der Waals surface area contributed by atoms with Crippen molar-refractivity contribution in [1.29, 1.82) is 0 Å². The van der Waals surface area contributed by atoms with Crippen LogP contribution < -0.4 is 4.90 Å². The molecular weight excluding hydrogens is 294 g/mol. The van der Waals surface area contributed by atoms with Crippen LogP contribution >= 0.6 is 22.9 Å². The predicted octanol–water partition coefficient (Wildman–Crippen LogP) is 2.06. The maximum atomic E-state index is 12.4. The molecule has 0 bridgehead atoms. The molecule has 0 unspecified atom stereocenters. The van der Waals surface area contributed by atoms with E-state index in [2.05, 4.69) is 0 Å². The van der Waals surface area contributed by atoms with Crippen molar-refractivity contribution < 1.29 is 17.2 Å². The summed E-state index contributed by atoms with van der Waals surface area (Å²) >= 11 is 6.63. The maximum absolute atomic E-state index is 12.4. The quantitative estimate of drug-likeness (QED) is 0.840. The number of fused-ring (bicyclic) bond motifs is 1. The minimum Gasteiger partial charge on any atom is -0.350 e. The smallest absolute Gasteiger partial charge is 0.255 e. The topological polar surface area (TPSA) is 40.6 Å². The van der Waals surface area contributed by atoms with E-state index in [1.54, 1.807) is 0 Å². The first-order chi connectivity index (χ1) is 7.82. The standard InChI is InChI=1S/C8H9ClF2N2O2S2/c1-12-4-13(3-7(10)11)5-2-6(9)16-8(5)17(12,14)15/h2,7H,3-4H2,1H3. The van der Waals surface area contributed by atoms with Gasteiger partial charge >= 0.3 is 0 Å². The summed E-state index contributed by atoms with van der Waals surface area (Å²) in [7, 11) is -2.24. The van der Waals surface area contributed by atoms with Crippen LogP contribution in [0.3, 0.4) is 0 Å². The highest BCUT2D eigenvalue weighted by Gasteiger charge is 2.36. The highest BCUT2D eigenvalue weighted by Crippen LogP contribution is 2.41. The summed E-state index contributed by atoms with van der Waals surface area (Å²) in [5.41, 5.74) is 0.262. The van der Waals surface area contributed by atoms with Gasteiger partial charge in [0.05, 0.1) is 23.2 Å². The molecule has 1 aromatic heterocycles. The Labute approximate surface area is 106 Å². The molecule has 96 valence electrons. The Morgan fingerprint density at radius 3 is 2.82 bits per heavy atom. The van der Waals surface area contributed by atoms with Crippen LogP contribution in [0.25, 0.3) is 0 Å². The van der Waals surface area contributed by atoms with Gasteiger partial charge in [0.25, 0.3) is 16.4 Å². The molecule has 17 heavy (non-hydrogen) atoms. The van der Waals surface area contributed by atoms with Gasteiger partial charge in [0.1, 0.15) is 0 Å². The van der Waals surface area contributed by atoms with E-state index >= 15 is 0 Å². The minimum absolute atomic E-state index is 0.0249. The highest BCUT2D eigenvalue weighted by molar-refractivity contribution is 7.91. The van der Waals surface area contributed by atoms with E-state index in [4.69, 9.17) is 11.6 Å². The lowest BCUT2D eigenvalue weighted by atomic mass is 10.4. The minimum atomic E-state index is -3.59. The Bertz CT molecular complexity index is 532. The predicted molar refractivity (Wildman–Crippen MR) is 62.5 cm³/mol. The van der Waals surface area contributed by atoms with Gasteiger partial charge in [0.15, 0.2) is 4.21 Å². The summed E-state index contributed by atoms with van der Waals surface area (Å²) in [6.45, 7) is -0.605. The monoisotopic (exact) mass is 302 g/mol. The Morgan fingerprint density at radius 1 is 1.59 bits per heavy atom.